The first-order chi connectivity index (χ1) is 11.3. The predicted octanol–water partition coefficient (Wildman–Crippen LogP) is 2.26. The molecule has 1 aliphatic rings. The SMILES string of the molecule is Fc1cccnc1Cc1noc(C2CCc3ncncc3C2)n1. The van der Waals surface area contributed by atoms with Gasteiger partial charge in [-0.15, -0.1) is 0 Å². The second-order valence-electron chi connectivity index (χ2n) is 5.59. The Hall–Kier alpha value is -2.70. The number of rotatable bonds is 3. The molecule has 3 aromatic heterocycles. The van der Waals surface area contributed by atoms with Crippen molar-refractivity contribution < 1.29 is 8.91 Å². The van der Waals surface area contributed by atoms with E-state index in [9.17, 15) is 4.39 Å². The Labute approximate surface area is 131 Å². The van der Waals surface area contributed by atoms with Crippen LogP contribution in [0.25, 0.3) is 0 Å². The van der Waals surface area contributed by atoms with Gasteiger partial charge >= 0.3 is 0 Å². The molecule has 6 nitrogen and oxygen atoms in total. The minimum Gasteiger partial charge on any atom is -0.339 e. The highest BCUT2D eigenvalue weighted by atomic mass is 19.1. The van der Waals surface area contributed by atoms with Gasteiger partial charge in [0, 0.05) is 24.0 Å². The topological polar surface area (TPSA) is 77.6 Å². The van der Waals surface area contributed by atoms with Crippen molar-refractivity contribution in [2.75, 3.05) is 0 Å². The summed E-state index contributed by atoms with van der Waals surface area (Å²) in [5, 5.41) is 3.96. The zero-order valence-electron chi connectivity index (χ0n) is 12.3. The normalized spacial score (nSPS) is 17.0. The summed E-state index contributed by atoms with van der Waals surface area (Å²) >= 11 is 0. The average molecular weight is 311 g/mol. The van der Waals surface area contributed by atoms with Gasteiger partial charge in [0.15, 0.2) is 5.82 Å². The van der Waals surface area contributed by atoms with E-state index in [1.54, 1.807) is 18.6 Å². The highest BCUT2D eigenvalue weighted by Crippen LogP contribution is 2.30. The second-order valence-corrected chi connectivity index (χ2v) is 5.59. The van der Waals surface area contributed by atoms with Crippen LogP contribution < -0.4 is 0 Å². The minimum atomic E-state index is -0.359. The number of aromatic nitrogens is 5. The van der Waals surface area contributed by atoms with Crippen LogP contribution in [0.1, 0.15) is 41.0 Å². The van der Waals surface area contributed by atoms with Crippen LogP contribution in [0.3, 0.4) is 0 Å². The van der Waals surface area contributed by atoms with Gasteiger partial charge in [0.1, 0.15) is 12.1 Å². The molecule has 3 aromatic rings. The molecule has 0 radical (unpaired) electrons. The fourth-order valence-corrected chi connectivity index (χ4v) is 2.87. The molecule has 0 saturated heterocycles. The van der Waals surface area contributed by atoms with Crippen LogP contribution in [-0.4, -0.2) is 25.1 Å². The molecule has 1 aliphatic carbocycles. The Kier molecular flexibility index (Phi) is 3.53. The molecule has 0 saturated carbocycles. The first kappa shape index (κ1) is 13.9. The quantitative estimate of drug-likeness (QED) is 0.738. The lowest BCUT2D eigenvalue weighted by Gasteiger charge is -2.19. The van der Waals surface area contributed by atoms with Crippen molar-refractivity contribution in [3.8, 4) is 0 Å². The van der Waals surface area contributed by atoms with E-state index >= 15 is 0 Å². The van der Waals surface area contributed by atoms with Gasteiger partial charge in [-0.1, -0.05) is 5.16 Å². The summed E-state index contributed by atoms with van der Waals surface area (Å²) in [4.78, 5) is 16.8. The number of aryl methyl sites for hydroxylation is 1. The van der Waals surface area contributed by atoms with Crippen LogP contribution in [-0.2, 0) is 19.3 Å². The van der Waals surface area contributed by atoms with E-state index in [1.165, 1.54) is 6.07 Å². The van der Waals surface area contributed by atoms with Crippen LogP contribution in [0.4, 0.5) is 4.39 Å². The smallest absolute Gasteiger partial charge is 0.230 e. The van der Waals surface area contributed by atoms with E-state index in [0.29, 0.717) is 17.4 Å². The molecule has 0 aliphatic heterocycles. The number of halogens is 1. The van der Waals surface area contributed by atoms with Crippen molar-refractivity contribution in [1.82, 2.24) is 25.1 Å². The van der Waals surface area contributed by atoms with E-state index in [1.807, 2.05) is 6.20 Å². The van der Waals surface area contributed by atoms with E-state index < -0.39 is 0 Å². The summed E-state index contributed by atoms with van der Waals surface area (Å²) in [7, 11) is 0. The van der Waals surface area contributed by atoms with Gasteiger partial charge in [-0.25, -0.2) is 14.4 Å². The highest BCUT2D eigenvalue weighted by molar-refractivity contribution is 5.23. The first-order valence-electron chi connectivity index (χ1n) is 7.49. The van der Waals surface area contributed by atoms with E-state index in [4.69, 9.17) is 4.52 Å². The Bertz CT molecular complexity index is 835. The summed E-state index contributed by atoms with van der Waals surface area (Å²) in [6, 6.07) is 2.93. The molecule has 7 heteroatoms. The number of hydrogen-bond acceptors (Lipinski definition) is 6. The standard InChI is InChI=1S/C16H14FN5O/c17-12-2-1-5-19-14(12)7-15-21-16(23-22-15)10-3-4-13-11(6-10)8-18-9-20-13/h1-2,5,8-10H,3-4,6-7H2. The molecule has 116 valence electrons. The summed E-state index contributed by atoms with van der Waals surface area (Å²) in [6.07, 6.45) is 7.76. The average Bonchev–Trinajstić information content (AvgIpc) is 3.05. The molecule has 0 aromatic carbocycles. The lowest BCUT2D eigenvalue weighted by molar-refractivity contribution is 0.336. The van der Waals surface area contributed by atoms with Crippen molar-refractivity contribution in [1.29, 1.82) is 0 Å². The lowest BCUT2D eigenvalue weighted by atomic mass is 9.87. The molecular formula is C16H14FN5O. The molecule has 0 amide bonds. The molecule has 1 atom stereocenters. The van der Waals surface area contributed by atoms with Gasteiger partial charge in [0.2, 0.25) is 5.89 Å². The maximum absolute atomic E-state index is 13.6. The Morgan fingerprint density at radius 3 is 3.17 bits per heavy atom. The maximum atomic E-state index is 13.6. The van der Waals surface area contributed by atoms with Gasteiger partial charge in [-0.05, 0) is 37.0 Å². The van der Waals surface area contributed by atoms with Crippen molar-refractivity contribution in [3.05, 3.63) is 65.3 Å². The molecule has 0 spiro atoms. The summed E-state index contributed by atoms with van der Waals surface area (Å²) in [5.74, 6) is 0.837. The van der Waals surface area contributed by atoms with Crippen LogP contribution in [0.5, 0.6) is 0 Å². The number of pyridine rings is 1. The summed E-state index contributed by atoms with van der Waals surface area (Å²) in [5.41, 5.74) is 2.54. The molecule has 0 N–H and O–H groups in total. The Balaban J connectivity index is 1.52. The number of nitrogens with zero attached hydrogens (tertiary/aromatic N) is 5. The molecule has 23 heavy (non-hydrogen) atoms. The maximum Gasteiger partial charge on any atom is 0.230 e. The molecule has 1 unspecified atom stereocenters. The van der Waals surface area contributed by atoms with Crippen molar-refractivity contribution >= 4 is 0 Å². The van der Waals surface area contributed by atoms with Gasteiger partial charge in [-0.3, -0.25) is 4.98 Å². The van der Waals surface area contributed by atoms with E-state index in [0.717, 1.165) is 30.5 Å². The van der Waals surface area contributed by atoms with Crippen molar-refractivity contribution in [2.45, 2.75) is 31.6 Å². The van der Waals surface area contributed by atoms with Crippen LogP contribution >= 0.6 is 0 Å². The molecule has 0 bridgehead atoms. The van der Waals surface area contributed by atoms with Gasteiger partial charge in [0.05, 0.1) is 12.1 Å². The highest BCUT2D eigenvalue weighted by Gasteiger charge is 2.26. The summed E-state index contributed by atoms with van der Waals surface area (Å²) < 4.78 is 19.0. The zero-order chi connectivity index (χ0) is 15.6. The largest absolute Gasteiger partial charge is 0.339 e. The monoisotopic (exact) mass is 311 g/mol. The van der Waals surface area contributed by atoms with Crippen molar-refractivity contribution in [2.24, 2.45) is 0 Å². The van der Waals surface area contributed by atoms with Gasteiger partial charge in [0.25, 0.3) is 0 Å². The van der Waals surface area contributed by atoms with Crippen LogP contribution in [0.2, 0.25) is 0 Å². The predicted molar refractivity (Wildman–Crippen MR) is 78.1 cm³/mol. The van der Waals surface area contributed by atoms with Gasteiger partial charge < -0.3 is 4.52 Å². The third-order valence-electron chi connectivity index (χ3n) is 4.07. The van der Waals surface area contributed by atoms with Crippen molar-refractivity contribution in [3.63, 3.8) is 0 Å². The van der Waals surface area contributed by atoms with E-state index in [2.05, 4.69) is 25.1 Å². The lowest BCUT2D eigenvalue weighted by Crippen LogP contribution is -2.14. The minimum absolute atomic E-state index is 0.156. The molecule has 0 fully saturated rings. The number of hydrogen-bond donors (Lipinski definition) is 0. The fraction of sp³-hybridized carbons (Fsp3) is 0.312. The number of fused-ring (bicyclic) bond motifs is 1. The third-order valence-corrected chi connectivity index (χ3v) is 4.07. The van der Waals surface area contributed by atoms with Gasteiger partial charge in [-0.2, -0.15) is 4.98 Å². The van der Waals surface area contributed by atoms with Crippen LogP contribution in [0, 0.1) is 5.82 Å². The Morgan fingerprint density at radius 1 is 1.30 bits per heavy atom. The molecule has 3 heterocycles. The van der Waals surface area contributed by atoms with E-state index in [-0.39, 0.29) is 18.2 Å². The van der Waals surface area contributed by atoms with Crippen LogP contribution in [0.15, 0.2) is 35.4 Å². The second kappa shape index (κ2) is 5.83. The molecule has 4 rings (SSSR count). The summed E-state index contributed by atoms with van der Waals surface area (Å²) in [6.45, 7) is 0. The molecular weight excluding hydrogens is 297 g/mol. The first-order valence-corrected chi connectivity index (χ1v) is 7.49. The fourth-order valence-electron chi connectivity index (χ4n) is 2.87. The zero-order valence-corrected chi connectivity index (χ0v) is 12.3. The third kappa shape index (κ3) is 2.81. The Morgan fingerprint density at radius 2 is 2.26 bits per heavy atom.